The number of aromatic hydroxyl groups is 1. The van der Waals surface area contributed by atoms with Crippen LogP contribution in [0, 0.1) is 0 Å². The van der Waals surface area contributed by atoms with E-state index in [2.05, 4.69) is 0 Å². The van der Waals surface area contributed by atoms with E-state index < -0.39 is 5.63 Å². The molecule has 3 heteroatoms. The number of fused-ring (bicyclic) bond motifs is 1. The van der Waals surface area contributed by atoms with Crippen molar-refractivity contribution in [3.05, 3.63) is 75.6 Å². The summed E-state index contributed by atoms with van der Waals surface area (Å²) in [6, 6.07) is 15.6. The van der Waals surface area contributed by atoms with Crippen LogP contribution in [-0.2, 0) is 6.42 Å². The molecule has 0 unspecified atom stereocenters. The molecule has 0 aliphatic heterocycles. The van der Waals surface area contributed by atoms with E-state index in [1.165, 1.54) is 37.7 Å². The highest BCUT2D eigenvalue weighted by atomic mass is 16.4. The fraction of sp³-hybridized carbons (Fsp3) is 0.318. The first kappa shape index (κ1) is 15.9. The van der Waals surface area contributed by atoms with Gasteiger partial charge in [0.05, 0.1) is 10.9 Å². The number of benzene rings is 2. The third kappa shape index (κ3) is 3.19. The Balaban J connectivity index is 1.77. The van der Waals surface area contributed by atoms with Gasteiger partial charge in [-0.05, 0) is 42.0 Å². The maximum atomic E-state index is 12.3. The summed E-state index contributed by atoms with van der Waals surface area (Å²) in [6.45, 7) is 0. The molecule has 1 aliphatic carbocycles. The molecule has 1 heterocycles. The van der Waals surface area contributed by atoms with Crippen molar-refractivity contribution in [1.29, 1.82) is 0 Å². The molecule has 0 radical (unpaired) electrons. The van der Waals surface area contributed by atoms with Gasteiger partial charge >= 0.3 is 5.63 Å². The Morgan fingerprint density at radius 3 is 2.52 bits per heavy atom. The summed E-state index contributed by atoms with van der Waals surface area (Å²) in [4.78, 5) is 12.3. The second-order valence-electron chi connectivity index (χ2n) is 6.97. The van der Waals surface area contributed by atoms with Crippen molar-refractivity contribution in [3.63, 3.8) is 0 Å². The largest absolute Gasteiger partial charge is 0.507 e. The van der Waals surface area contributed by atoms with Crippen molar-refractivity contribution < 1.29 is 9.52 Å². The monoisotopic (exact) mass is 334 g/mol. The van der Waals surface area contributed by atoms with E-state index in [0.717, 1.165) is 5.56 Å². The molecule has 0 atom stereocenters. The van der Waals surface area contributed by atoms with Crippen LogP contribution in [0.4, 0.5) is 0 Å². The molecule has 1 aliphatic rings. The summed E-state index contributed by atoms with van der Waals surface area (Å²) >= 11 is 0. The number of rotatable bonds is 3. The highest BCUT2D eigenvalue weighted by Crippen LogP contribution is 2.36. The second-order valence-corrected chi connectivity index (χ2v) is 6.97. The van der Waals surface area contributed by atoms with Gasteiger partial charge in [-0.15, -0.1) is 0 Å². The molecule has 0 bridgehead atoms. The molecule has 4 rings (SSSR count). The van der Waals surface area contributed by atoms with Gasteiger partial charge in [0.1, 0.15) is 11.3 Å². The van der Waals surface area contributed by atoms with Gasteiger partial charge in [-0.1, -0.05) is 55.7 Å². The molecule has 1 aromatic heterocycles. The van der Waals surface area contributed by atoms with E-state index in [1.807, 2.05) is 48.5 Å². The van der Waals surface area contributed by atoms with Crippen molar-refractivity contribution in [2.75, 3.05) is 0 Å². The average Bonchev–Trinajstić information content (AvgIpc) is 2.66. The Morgan fingerprint density at radius 2 is 1.76 bits per heavy atom. The van der Waals surface area contributed by atoms with Gasteiger partial charge in [0.25, 0.3) is 0 Å². The van der Waals surface area contributed by atoms with Crippen LogP contribution < -0.4 is 5.63 Å². The van der Waals surface area contributed by atoms with Crippen LogP contribution >= 0.6 is 0 Å². The normalized spacial score (nSPS) is 15.5. The van der Waals surface area contributed by atoms with Crippen molar-refractivity contribution in [2.45, 2.75) is 44.4 Å². The van der Waals surface area contributed by atoms with Gasteiger partial charge < -0.3 is 9.52 Å². The van der Waals surface area contributed by atoms with Crippen LogP contribution in [0.3, 0.4) is 0 Å². The average molecular weight is 334 g/mol. The second kappa shape index (κ2) is 6.75. The zero-order chi connectivity index (χ0) is 17.2. The molecule has 3 aromatic rings. The predicted octanol–water partition coefficient (Wildman–Crippen LogP) is 5.14. The Morgan fingerprint density at radius 1 is 1.00 bits per heavy atom. The van der Waals surface area contributed by atoms with Gasteiger partial charge in [0, 0.05) is 6.42 Å². The molecule has 128 valence electrons. The minimum Gasteiger partial charge on any atom is -0.507 e. The lowest BCUT2D eigenvalue weighted by molar-refractivity contribution is 0.442. The third-order valence-corrected chi connectivity index (χ3v) is 5.29. The molecule has 3 nitrogen and oxygen atoms in total. The zero-order valence-electron chi connectivity index (χ0n) is 14.2. The third-order valence-electron chi connectivity index (χ3n) is 5.29. The van der Waals surface area contributed by atoms with Crippen molar-refractivity contribution in [1.82, 2.24) is 0 Å². The SMILES string of the molecule is O=c1oc2ccc(C3CCCCC3)cc2c(O)c1Cc1ccccc1. The molecule has 1 N–H and O–H groups in total. The lowest BCUT2D eigenvalue weighted by Crippen LogP contribution is -2.09. The summed E-state index contributed by atoms with van der Waals surface area (Å²) in [5.41, 5.74) is 2.55. The summed E-state index contributed by atoms with van der Waals surface area (Å²) < 4.78 is 5.47. The number of hydrogen-bond acceptors (Lipinski definition) is 3. The summed E-state index contributed by atoms with van der Waals surface area (Å²) in [5.74, 6) is 0.606. The summed E-state index contributed by atoms with van der Waals surface area (Å²) in [7, 11) is 0. The van der Waals surface area contributed by atoms with Crippen LogP contribution in [0.15, 0.2) is 57.7 Å². The van der Waals surface area contributed by atoms with Crippen molar-refractivity contribution in [2.24, 2.45) is 0 Å². The van der Waals surface area contributed by atoms with E-state index in [-0.39, 0.29) is 5.75 Å². The Bertz CT molecular complexity index is 935. The van der Waals surface area contributed by atoms with Crippen LogP contribution in [-0.4, -0.2) is 5.11 Å². The van der Waals surface area contributed by atoms with E-state index in [0.29, 0.717) is 28.9 Å². The first-order valence-electron chi connectivity index (χ1n) is 9.05. The fourth-order valence-corrected chi connectivity index (χ4v) is 3.89. The van der Waals surface area contributed by atoms with Crippen molar-refractivity contribution in [3.8, 4) is 5.75 Å². The fourth-order valence-electron chi connectivity index (χ4n) is 3.89. The smallest absolute Gasteiger partial charge is 0.343 e. The minimum absolute atomic E-state index is 0.0627. The molecular formula is C22H22O3. The van der Waals surface area contributed by atoms with E-state index in [9.17, 15) is 9.90 Å². The van der Waals surface area contributed by atoms with Gasteiger partial charge in [0.2, 0.25) is 0 Å². The highest BCUT2D eigenvalue weighted by molar-refractivity contribution is 5.85. The first-order valence-corrected chi connectivity index (χ1v) is 9.05. The maximum absolute atomic E-state index is 12.3. The van der Waals surface area contributed by atoms with Crippen LogP contribution in [0.5, 0.6) is 5.75 Å². The molecule has 2 aromatic carbocycles. The van der Waals surface area contributed by atoms with Crippen LogP contribution in [0.2, 0.25) is 0 Å². The van der Waals surface area contributed by atoms with E-state index >= 15 is 0 Å². The summed E-state index contributed by atoms with van der Waals surface area (Å²) in [5, 5.41) is 11.4. The molecular weight excluding hydrogens is 312 g/mol. The number of hydrogen-bond donors (Lipinski definition) is 1. The van der Waals surface area contributed by atoms with Crippen molar-refractivity contribution >= 4 is 11.0 Å². The minimum atomic E-state index is -0.459. The van der Waals surface area contributed by atoms with Crippen LogP contribution in [0.1, 0.15) is 54.7 Å². The zero-order valence-corrected chi connectivity index (χ0v) is 14.2. The Hall–Kier alpha value is -2.55. The lowest BCUT2D eigenvalue weighted by atomic mass is 9.83. The first-order chi connectivity index (χ1) is 12.2. The van der Waals surface area contributed by atoms with Crippen LogP contribution in [0.25, 0.3) is 11.0 Å². The molecule has 0 amide bonds. The standard InChI is InChI=1S/C22H22O3/c23-21-18-14-17(16-9-5-2-6-10-16)11-12-20(18)25-22(24)19(21)13-15-7-3-1-4-8-15/h1,3-4,7-8,11-12,14,16,23H,2,5-6,9-10,13H2. The Kier molecular flexibility index (Phi) is 4.31. The quantitative estimate of drug-likeness (QED) is 0.675. The van der Waals surface area contributed by atoms with Gasteiger partial charge in [-0.25, -0.2) is 4.79 Å². The molecule has 1 fully saturated rings. The molecule has 25 heavy (non-hydrogen) atoms. The van der Waals surface area contributed by atoms with E-state index in [1.54, 1.807) is 0 Å². The van der Waals surface area contributed by atoms with Gasteiger partial charge in [-0.2, -0.15) is 0 Å². The van der Waals surface area contributed by atoms with Gasteiger partial charge in [-0.3, -0.25) is 0 Å². The van der Waals surface area contributed by atoms with E-state index in [4.69, 9.17) is 4.42 Å². The molecule has 0 spiro atoms. The predicted molar refractivity (Wildman–Crippen MR) is 99.2 cm³/mol. The highest BCUT2D eigenvalue weighted by Gasteiger charge is 2.19. The maximum Gasteiger partial charge on any atom is 0.343 e. The van der Waals surface area contributed by atoms with Gasteiger partial charge in [0.15, 0.2) is 0 Å². The summed E-state index contributed by atoms with van der Waals surface area (Å²) in [6.07, 6.45) is 6.60. The molecule has 0 saturated heterocycles. The molecule has 1 saturated carbocycles. The Labute approximate surface area is 146 Å². The lowest BCUT2D eigenvalue weighted by Gasteiger charge is -2.22. The topological polar surface area (TPSA) is 50.4 Å².